The number of amides is 1. The van der Waals surface area contributed by atoms with Crippen LogP contribution in [0.3, 0.4) is 0 Å². The van der Waals surface area contributed by atoms with Crippen LogP contribution in [0.2, 0.25) is 0 Å². The first kappa shape index (κ1) is 22.2. The summed E-state index contributed by atoms with van der Waals surface area (Å²) < 4.78 is 11.2. The number of hydrogen-bond donors (Lipinski definition) is 1. The van der Waals surface area contributed by atoms with Crippen LogP contribution < -0.4 is 9.47 Å². The van der Waals surface area contributed by atoms with E-state index in [0.717, 1.165) is 23.1 Å². The lowest BCUT2D eigenvalue weighted by atomic mass is 9.87. The van der Waals surface area contributed by atoms with Crippen molar-refractivity contribution in [2.45, 2.75) is 18.9 Å². The molecule has 5 nitrogen and oxygen atoms in total. The first-order valence-electron chi connectivity index (χ1n) is 11.9. The lowest BCUT2D eigenvalue weighted by molar-refractivity contribution is -0.142. The maximum atomic E-state index is 13.4. The van der Waals surface area contributed by atoms with Crippen molar-refractivity contribution in [1.82, 2.24) is 4.90 Å². The highest BCUT2D eigenvalue weighted by molar-refractivity contribution is 5.83. The van der Waals surface area contributed by atoms with Crippen molar-refractivity contribution in [3.63, 3.8) is 0 Å². The number of likely N-dealkylation sites (tertiary alicyclic amines) is 1. The zero-order valence-corrected chi connectivity index (χ0v) is 19.1. The zero-order valence-electron chi connectivity index (χ0n) is 19.1. The molecular weight excluding hydrogens is 426 g/mol. The van der Waals surface area contributed by atoms with Gasteiger partial charge in [-0.15, -0.1) is 0 Å². The fraction of sp³-hybridized carbons (Fsp3) is 0.276. The molecule has 174 valence electrons. The van der Waals surface area contributed by atoms with Gasteiger partial charge in [0.25, 0.3) is 0 Å². The summed E-state index contributed by atoms with van der Waals surface area (Å²) in [4.78, 5) is 15.3. The minimum Gasteiger partial charge on any atom is -0.486 e. The van der Waals surface area contributed by atoms with Crippen LogP contribution in [0.4, 0.5) is 0 Å². The molecule has 34 heavy (non-hydrogen) atoms. The number of aliphatic hydroxyl groups excluding tert-OH is 1. The second-order valence-electron chi connectivity index (χ2n) is 8.73. The van der Waals surface area contributed by atoms with Gasteiger partial charge in [-0.25, -0.2) is 0 Å². The van der Waals surface area contributed by atoms with Crippen LogP contribution in [0.15, 0.2) is 84.9 Å². The number of ether oxygens (including phenoxy) is 2. The molecule has 1 saturated heterocycles. The number of carbonyl (C=O) groups excluding carboxylic acids is 1. The fourth-order valence-corrected chi connectivity index (χ4v) is 4.76. The van der Waals surface area contributed by atoms with Gasteiger partial charge in [0.05, 0.1) is 12.0 Å². The van der Waals surface area contributed by atoms with Crippen molar-refractivity contribution >= 4 is 11.5 Å². The van der Waals surface area contributed by atoms with Gasteiger partial charge in [0, 0.05) is 13.1 Å². The number of piperidine rings is 1. The smallest absolute Gasteiger partial charge is 0.228 e. The molecule has 2 aliphatic rings. The van der Waals surface area contributed by atoms with Gasteiger partial charge >= 0.3 is 0 Å². The molecule has 1 fully saturated rings. The standard InChI is InChI=1S/C29H29NO4/c31-28(23-13-14-26-27(20-23)34-19-18-33-26)25-12-7-16-30(29(25)32)17-15-24(21-8-3-1-4-9-21)22-10-5-2-6-11-22/h1-6,8-11,13-15,20,25,28,31H,7,12,16-19H2/t25-,28+/m0/s1. The van der Waals surface area contributed by atoms with Crippen molar-refractivity contribution in [3.8, 4) is 11.5 Å². The third kappa shape index (κ3) is 4.70. The largest absolute Gasteiger partial charge is 0.486 e. The topological polar surface area (TPSA) is 59.0 Å². The van der Waals surface area contributed by atoms with Gasteiger partial charge in [0.1, 0.15) is 13.2 Å². The molecule has 0 saturated carbocycles. The molecule has 0 radical (unpaired) electrons. The Kier molecular flexibility index (Phi) is 6.63. The lowest BCUT2D eigenvalue weighted by Gasteiger charge is -2.34. The predicted octanol–water partition coefficient (Wildman–Crippen LogP) is 4.86. The van der Waals surface area contributed by atoms with Crippen LogP contribution in [-0.2, 0) is 4.79 Å². The van der Waals surface area contributed by atoms with Crippen molar-refractivity contribution in [2.24, 2.45) is 5.92 Å². The second-order valence-corrected chi connectivity index (χ2v) is 8.73. The molecule has 0 unspecified atom stereocenters. The van der Waals surface area contributed by atoms with Gasteiger partial charge < -0.3 is 19.5 Å². The minimum absolute atomic E-state index is 0.00892. The first-order chi connectivity index (χ1) is 16.7. The quantitative estimate of drug-likeness (QED) is 0.577. The molecule has 5 heteroatoms. The summed E-state index contributed by atoms with van der Waals surface area (Å²) in [6.45, 7) is 2.20. The maximum absolute atomic E-state index is 13.4. The Hall–Kier alpha value is -3.57. The molecule has 3 aromatic carbocycles. The van der Waals surface area contributed by atoms with Crippen molar-refractivity contribution < 1.29 is 19.4 Å². The van der Waals surface area contributed by atoms with Crippen LogP contribution >= 0.6 is 0 Å². The summed E-state index contributed by atoms with van der Waals surface area (Å²) in [5.74, 6) is 0.825. The van der Waals surface area contributed by atoms with E-state index >= 15 is 0 Å². The third-order valence-corrected chi connectivity index (χ3v) is 6.55. The highest BCUT2D eigenvalue weighted by Crippen LogP contribution is 2.37. The Labute approximate surface area is 200 Å². The molecule has 2 heterocycles. The molecular formula is C29H29NO4. The molecule has 5 rings (SSSR count). The average molecular weight is 456 g/mol. The zero-order chi connectivity index (χ0) is 23.3. The molecule has 3 aromatic rings. The van der Waals surface area contributed by atoms with E-state index in [2.05, 4.69) is 30.3 Å². The van der Waals surface area contributed by atoms with Gasteiger partial charge in [0.2, 0.25) is 5.91 Å². The Balaban J connectivity index is 1.35. The number of aliphatic hydroxyl groups is 1. The average Bonchev–Trinajstić information content (AvgIpc) is 2.90. The second kappa shape index (κ2) is 10.1. The number of carbonyl (C=O) groups is 1. The lowest BCUT2D eigenvalue weighted by Crippen LogP contribution is -2.43. The van der Waals surface area contributed by atoms with Crippen LogP contribution in [-0.4, -0.2) is 42.2 Å². The van der Waals surface area contributed by atoms with Gasteiger partial charge in [0.15, 0.2) is 11.5 Å². The van der Waals surface area contributed by atoms with E-state index in [4.69, 9.17) is 9.47 Å². The Morgan fingerprint density at radius 2 is 1.59 bits per heavy atom. The summed E-state index contributed by atoms with van der Waals surface area (Å²) in [7, 11) is 0. The Bertz CT molecular complexity index is 1120. The van der Waals surface area contributed by atoms with E-state index in [0.29, 0.717) is 49.8 Å². The highest BCUT2D eigenvalue weighted by atomic mass is 16.6. The number of hydrogen-bond acceptors (Lipinski definition) is 4. The normalized spacial score (nSPS) is 18.3. The Morgan fingerprint density at radius 3 is 2.26 bits per heavy atom. The molecule has 1 N–H and O–H groups in total. The summed E-state index contributed by atoms with van der Waals surface area (Å²) in [5.41, 5.74) is 4.02. The molecule has 2 atom stereocenters. The van der Waals surface area contributed by atoms with Gasteiger partial charge in [-0.1, -0.05) is 72.8 Å². The fourth-order valence-electron chi connectivity index (χ4n) is 4.76. The van der Waals surface area contributed by atoms with Crippen molar-refractivity contribution in [2.75, 3.05) is 26.3 Å². The van der Waals surface area contributed by atoms with Crippen LogP contribution in [0.25, 0.3) is 5.57 Å². The van der Waals surface area contributed by atoms with E-state index in [9.17, 15) is 9.90 Å². The molecule has 0 aliphatic carbocycles. The summed E-state index contributed by atoms with van der Waals surface area (Å²) in [6.07, 6.45) is 2.77. The predicted molar refractivity (Wildman–Crippen MR) is 132 cm³/mol. The van der Waals surface area contributed by atoms with Crippen LogP contribution in [0.5, 0.6) is 11.5 Å². The third-order valence-electron chi connectivity index (χ3n) is 6.55. The SMILES string of the molecule is O=C1[C@H]([C@H](O)c2ccc3c(c2)OCCO3)CCCN1CC=C(c1ccccc1)c1ccccc1. The summed E-state index contributed by atoms with van der Waals surface area (Å²) in [5, 5.41) is 11.1. The summed E-state index contributed by atoms with van der Waals surface area (Å²) >= 11 is 0. The maximum Gasteiger partial charge on any atom is 0.228 e. The van der Waals surface area contributed by atoms with Crippen molar-refractivity contribution in [1.29, 1.82) is 0 Å². The Morgan fingerprint density at radius 1 is 0.941 bits per heavy atom. The van der Waals surface area contributed by atoms with E-state index in [-0.39, 0.29) is 5.91 Å². The van der Waals surface area contributed by atoms with Gasteiger partial charge in [-0.3, -0.25) is 4.79 Å². The highest BCUT2D eigenvalue weighted by Gasteiger charge is 2.35. The number of benzene rings is 3. The van der Waals surface area contributed by atoms with Crippen LogP contribution in [0, 0.1) is 5.92 Å². The number of fused-ring (bicyclic) bond motifs is 1. The first-order valence-corrected chi connectivity index (χ1v) is 11.9. The number of rotatable bonds is 6. The van der Waals surface area contributed by atoms with Crippen LogP contribution in [0.1, 0.15) is 35.6 Å². The molecule has 1 amide bonds. The van der Waals surface area contributed by atoms with E-state index in [1.165, 1.54) is 0 Å². The van der Waals surface area contributed by atoms with Gasteiger partial charge in [-0.05, 0) is 47.2 Å². The van der Waals surface area contributed by atoms with E-state index < -0.39 is 12.0 Å². The summed E-state index contributed by atoms with van der Waals surface area (Å²) in [6, 6.07) is 25.9. The van der Waals surface area contributed by atoms with Gasteiger partial charge in [-0.2, -0.15) is 0 Å². The van der Waals surface area contributed by atoms with E-state index in [1.807, 2.05) is 53.4 Å². The van der Waals surface area contributed by atoms with E-state index in [1.54, 1.807) is 6.07 Å². The molecule has 0 spiro atoms. The van der Waals surface area contributed by atoms with Crippen molar-refractivity contribution in [3.05, 3.63) is 102 Å². The molecule has 0 aromatic heterocycles. The molecule has 0 bridgehead atoms. The monoisotopic (exact) mass is 455 g/mol. The molecule has 2 aliphatic heterocycles. The number of nitrogens with zero attached hydrogens (tertiary/aromatic N) is 1. The minimum atomic E-state index is -0.877.